The van der Waals surface area contributed by atoms with Crippen LogP contribution >= 0.6 is 0 Å². The van der Waals surface area contributed by atoms with Gasteiger partial charge in [0.2, 0.25) is 5.91 Å². The first-order valence-corrected chi connectivity index (χ1v) is 10.2. The fourth-order valence-corrected chi connectivity index (χ4v) is 2.53. The maximum Gasteiger partial charge on any atom is 0.409 e. The van der Waals surface area contributed by atoms with Crippen molar-refractivity contribution in [3.8, 4) is 0 Å². The molecule has 1 aliphatic heterocycles. The van der Waals surface area contributed by atoms with Gasteiger partial charge in [0.25, 0.3) is 5.97 Å². The van der Waals surface area contributed by atoms with Crippen molar-refractivity contribution in [2.24, 2.45) is 5.73 Å². The van der Waals surface area contributed by atoms with Gasteiger partial charge in [-0.25, -0.2) is 4.79 Å². The van der Waals surface area contributed by atoms with Crippen LogP contribution < -0.4 is 5.73 Å². The summed E-state index contributed by atoms with van der Waals surface area (Å²) in [5.41, 5.74) is 5.38. The molecule has 1 saturated heterocycles. The lowest BCUT2D eigenvalue weighted by Crippen LogP contribution is -2.54. The lowest BCUT2D eigenvalue weighted by atomic mass is 10.1. The third-order valence-electron chi connectivity index (χ3n) is 3.97. The molecule has 2 amide bonds. The Hall–Kier alpha value is -2.36. The maximum absolute atomic E-state index is 12.4. The molecule has 0 aliphatic carbocycles. The Bertz CT molecular complexity index is 563. The van der Waals surface area contributed by atoms with Crippen LogP contribution in [0.15, 0.2) is 0 Å². The summed E-state index contributed by atoms with van der Waals surface area (Å²) in [6.07, 6.45) is 1.83. The Morgan fingerprint density at radius 2 is 1.57 bits per heavy atom. The first-order valence-electron chi connectivity index (χ1n) is 10.2. The second-order valence-electron chi connectivity index (χ2n) is 8.03. The van der Waals surface area contributed by atoms with Crippen molar-refractivity contribution >= 4 is 23.9 Å². The number of unbranched alkanes of at least 4 members (excludes halogenated alkanes) is 1. The number of carboxylic acid groups (broad SMARTS) is 1. The molecule has 0 aromatic heterocycles. The number of rotatable bonds is 7. The first-order chi connectivity index (χ1) is 13.9. The highest BCUT2D eigenvalue weighted by Gasteiger charge is 2.28. The smallest absolute Gasteiger partial charge is 0.409 e. The molecule has 1 fully saturated rings. The van der Waals surface area contributed by atoms with Gasteiger partial charge in [-0.15, -0.1) is 0 Å². The Kier molecular flexibility index (Phi) is 12.7. The van der Waals surface area contributed by atoms with Crippen LogP contribution in [0.25, 0.3) is 0 Å². The third-order valence-corrected chi connectivity index (χ3v) is 3.97. The summed E-state index contributed by atoms with van der Waals surface area (Å²) in [5.74, 6) is -1.40. The highest BCUT2D eigenvalue weighted by Crippen LogP contribution is 2.11. The molecule has 3 N–H and O–H groups in total. The van der Waals surface area contributed by atoms with E-state index in [1.807, 2.05) is 6.92 Å². The van der Waals surface area contributed by atoms with Gasteiger partial charge < -0.3 is 30.1 Å². The molecule has 1 heterocycles. The van der Waals surface area contributed by atoms with E-state index in [1.165, 1.54) is 0 Å². The summed E-state index contributed by atoms with van der Waals surface area (Å²) in [6.45, 7) is 10.6. The van der Waals surface area contributed by atoms with Gasteiger partial charge in [0, 0.05) is 39.5 Å². The number of hydrogen-bond acceptors (Lipinski definition) is 7. The van der Waals surface area contributed by atoms with Crippen LogP contribution in [0.5, 0.6) is 0 Å². The first kappa shape index (κ1) is 27.6. The molecule has 0 aromatic rings. The molecule has 174 valence electrons. The van der Waals surface area contributed by atoms with E-state index in [1.54, 1.807) is 30.6 Å². The molecular weight excluding hydrogens is 394 g/mol. The number of nitrogens with two attached hydrogens (primary N) is 1. The molecule has 1 rings (SSSR count). The van der Waals surface area contributed by atoms with Crippen LogP contribution in [-0.2, 0) is 23.9 Å². The number of amides is 2. The topological polar surface area (TPSA) is 139 Å². The van der Waals surface area contributed by atoms with Crippen molar-refractivity contribution < 1.29 is 33.8 Å². The average Bonchev–Trinajstić information content (AvgIpc) is 2.64. The molecule has 10 nitrogen and oxygen atoms in total. The quantitative estimate of drug-likeness (QED) is 0.458. The molecule has 0 bridgehead atoms. The number of hydrogen-bond donors (Lipinski definition) is 2. The molecular formula is C20H37N3O7. The fourth-order valence-electron chi connectivity index (χ4n) is 2.53. The summed E-state index contributed by atoms with van der Waals surface area (Å²) in [4.78, 5) is 48.3. The van der Waals surface area contributed by atoms with Crippen LogP contribution in [-0.4, -0.2) is 83.3 Å². The summed E-state index contributed by atoms with van der Waals surface area (Å²) in [7, 11) is 0. The second-order valence-corrected chi connectivity index (χ2v) is 8.03. The van der Waals surface area contributed by atoms with Crippen LogP contribution in [0.4, 0.5) is 4.79 Å². The van der Waals surface area contributed by atoms with Gasteiger partial charge in [0.15, 0.2) is 0 Å². The normalized spacial score (nSPS) is 14.9. The van der Waals surface area contributed by atoms with Crippen LogP contribution in [0.1, 0.15) is 60.3 Å². The molecule has 0 radical (unpaired) electrons. The van der Waals surface area contributed by atoms with Gasteiger partial charge in [-0.3, -0.25) is 14.4 Å². The van der Waals surface area contributed by atoms with Gasteiger partial charge in [-0.05, 0) is 33.6 Å². The SMILES string of the molecule is CC(=O)O.CCCCOC(=O)N1CCN(C(=O)[C@@H](N)CCC(=O)OC(C)(C)C)CC1. The predicted molar refractivity (Wildman–Crippen MR) is 111 cm³/mol. The third kappa shape index (κ3) is 13.0. The lowest BCUT2D eigenvalue weighted by Gasteiger charge is -2.35. The zero-order valence-corrected chi connectivity index (χ0v) is 18.8. The van der Waals surface area contributed by atoms with Crippen molar-refractivity contribution in [1.29, 1.82) is 0 Å². The van der Waals surface area contributed by atoms with Crippen molar-refractivity contribution in [1.82, 2.24) is 9.80 Å². The van der Waals surface area contributed by atoms with Crippen molar-refractivity contribution in [2.45, 2.75) is 71.9 Å². The van der Waals surface area contributed by atoms with Gasteiger partial charge in [-0.2, -0.15) is 0 Å². The van der Waals surface area contributed by atoms with Gasteiger partial charge in [0.1, 0.15) is 5.60 Å². The average molecular weight is 432 g/mol. The summed E-state index contributed by atoms with van der Waals surface area (Å²) >= 11 is 0. The minimum Gasteiger partial charge on any atom is -0.481 e. The molecule has 0 saturated carbocycles. The Morgan fingerprint density at radius 1 is 1.07 bits per heavy atom. The summed E-state index contributed by atoms with van der Waals surface area (Å²) < 4.78 is 10.4. The number of aliphatic carboxylic acids is 1. The zero-order chi connectivity index (χ0) is 23.3. The fraction of sp³-hybridized carbons (Fsp3) is 0.800. The summed E-state index contributed by atoms with van der Waals surface area (Å²) in [6, 6.07) is -0.745. The molecule has 1 atom stereocenters. The van der Waals surface area contributed by atoms with Crippen molar-refractivity contribution in [2.75, 3.05) is 32.8 Å². The van der Waals surface area contributed by atoms with E-state index in [0.29, 0.717) is 32.8 Å². The number of ether oxygens (including phenoxy) is 2. The number of nitrogens with zero attached hydrogens (tertiary/aromatic N) is 2. The van der Waals surface area contributed by atoms with E-state index in [9.17, 15) is 14.4 Å². The van der Waals surface area contributed by atoms with Crippen molar-refractivity contribution in [3.63, 3.8) is 0 Å². The van der Waals surface area contributed by atoms with Crippen LogP contribution in [0.3, 0.4) is 0 Å². The van der Waals surface area contributed by atoms with E-state index < -0.39 is 17.6 Å². The van der Waals surface area contributed by atoms with E-state index in [2.05, 4.69) is 0 Å². The predicted octanol–water partition coefficient (Wildman–Crippen LogP) is 1.61. The van der Waals surface area contributed by atoms with Crippen LogP contribution in [0, 0.1) is 0 Å². The molecule has 0 unspecified atom stereocenters. The molecule has 1 aliphatic rings. The number of carboxylic acids is 1. The maximum atomic E-state index is 12.4. The van der Waals surface area contributed by atoms with Crippen molar-refractivity contribution in [3.05, 3.63) is 0 Å². The number of esters is 1. The Balaban J connectivity index is 0.00000192. The Morgan fingerprint density at radius 3 is 2.03 bits per heavy atom. The van der Waals surface area contributed by atoms with Gasteiger partial charge >= 0.3 is 12.1 Å². The highest BCUT2D eigenvalue weighted by molar-refractivity contribution is 5.82. The molecule has 10 heteroatoms. The zero-order valence-electron chi connectivity index (χ0n) is 18.8. The minimum atomic E-state index is -0.833. The van der Waals surface area contributed by atoms with E-state index in [-0.39, 0.29) is 30.8 Å². The number of carbonyl (C=O) groups is 4. The standard InChI is InChI=1S/C18H33N3O5.C2H4O2/c1-5-6-13-25-17(24)21-11-9-20(10-12-21)16(23)14(19)7-8-15(22)26-18(2,3)4;1-2(3)4/h14H,5-13,19H2,1-4H3;1H3,(H,3,4)/t14-;/m0./s1. The lowest BCUT2D eigenvalue weighted by molar-refractivity contribution is -0.155. The molecule has 30 heavy (non-hydrogen) atoms. The van der Waals surface area contributed by atoms with E-state index in [0.717, 1.165) is 19.8 Å². The number of piperazine rings is 1. The largest absolute Gasteiger partial charge is 0.481 e. The molecule has 0 spiro atoms. The summed E-state index contributed by atoms with van der Waals surface area (Å²) in [5, 5.41) is 7.42. The molecule has 0 aromatic carbocycles. The van der Waals surface area contributed by atoms with E-state index in [4.69, 9.17) is 25.1 Å². The second kappa shape index (κ2) is 13.8. The van der Waals surface area contributed by atoms with Crippen LogP contribution in [0.2, 0.25) is 0 Å². The van der Waals surface area contributed by atoms with Gasteiger partial charge in [0.05, 0.1) is 12.6 Å². The monoisotopic (exact) mass is 431 g/mol. The highest BCUT2D eigenvalue weighted by atomic mass is 16.6. The number of carbonyl (C=O) groups excluding carboxylic acids is 3. The minimum absolute atomic E-state index is 0.105. The van der Waals surface area contributed by atoms with Gasteiger partial charge in [-0.1, -0.05) is 13.3 Å². The Labute approximate surface area is 178 Å². The van der Waals surface area contributed by atoms with E-state index >= 15 is 0 Å².